The maximum atomic E-state index is 3.47. The second-order valence-corrected chi connectivity index (χ2v) is 5.37. The van der Waals surface area contributed by atoms with Gasteiger partial charge in [-0.05, 0) is 29.0 Å². The number of nitrogens with zero attached hydrogens (tertiary/aromatic N) is 1. The molecule has 1 aliphatic rings. The lowest BCUT2D eigenvalue weighted by atomic mass is 10.1. The first-order valence-electron chi connectivity index (χ1n) is 4.39. The van der Waals surface area contributed by atoms with Gasteiger partial charge in [-0.2, -0.15) is 0 Å². The van der Waals surface area contributed by atoms with Crippen molar-refractivity contribution >= 4 is 27.3 Å². The standard InChI is InChI=1S/C9H13BrN2S/c1-12(8-3-11-4-8)5-9-2-7(10)6-13-9/h2,6,8,11H,3-5H2,1H3. The van der Waals surface area contributed by atoms with Crippen molar-refractivity contribution in [3.63, 3.8) is 0 Å². The maximum Gasteiger partial charge on any atom is 0.0346 e. The van der Waals surface area contributed by atoms with E-state index in [9.17, 15) is 0 Å². The Labute approximate surface area is 91.1 Å². The third-order valence-electron chi connectivity index (χ3n) is 2.41. The van der Waals surface area contributed by atoms with Gasteiger partial charge in [-0.3, -0.25) is 4.90 Å². The van der Waals surface area contributed by atoms with E-state index in [1.807, 2.05) is 11.3 Å². The van der Waals surface area contributed by atoms with Gasteiger partial charge in [0, 0.05) is 40.4 Å². The van der Waals surface area contributed by atoms with Gasteiger partial charge in [0.25, 0.3) is 0 Å². The second kappa shape index (κ2) is 4.09. The van der Waals surface area contributed by atoms with E-state index in [0.717, 1.165) is 25.7 Å². The molecule has 1 saturated heterocycles. The van der Waals surface area contributed by atoms with E-state index < -0.39 is 0 Å². The van der Waals surface area contributed by atoms with E-state index in [0.29, 0.717) is 0 Å². The first kappa shape index (κ1) is 9.65. The molecule has 0 aliphatic carbocycles. The van der Waals surface area contributed by atoms with E-state index >= 15 is 0 Å². The normalized spacial score (nSPS) is 17.8. The van der Waals surface area contributed by atoms with Crippen LogP contribution in [0.2, 0.25) is 0 Å². The van der Waals surface area contributed by atoms with Crippen LogP contribution in [0.1, 0.15) is 4.88 Å². The Morgan fingerprint density at radius 2 is 2.46 bits per heavy atom. The molecule has 0 aromatic carbocycles. The van der Waals surface area contributed by atoms with Crippen LogP contribution in [0.25, 0.3) is 0 Å². The van der Waals surface area contributed by atoms with E-state index in [2.05, 4.69) is 44.6 Å². The summed E-state index contributed by atoms with van der Waals surface area (Å²) in [5, 5.41) is 5.43. The first-order chi connectivity index (χ1) is 6.25. The maximum absolute atomic E-state index is 3.47. The molecule has 13 heavy (non-hydrogen) atoms. The van der Waals surface area contributed by atoms with Crippen LogP contribution in [0.15, 0.2) is 15.9 Å². The fourth-order valence-corrected chi connectivity index (χ4v) is 2.91. The zero-order valence-corrected chi connectivity index (χ0v) is 9.99. The van der Waals surface area contributed by atoms with Crippen molar-refractivity contribution in [2.75, 3.05) is 20.1 Å². The summed E-state index contributed by atoms with van der Waals surface area (Å²) >= 11 is 5.29. The molecule has 0 saturated carbocycles. The van der Waals surface area contributed by atoms with Gasteiger partial charge in [0.05, 0.1) is 0 Å². The lowest BCUT2D eigenvalue weighted by molar-refractivity contribution is 0.174. The Kier molecular flexibility index (Phi) is 3.03. The monoisotopic (exact) mass is 260 g/mol. The average molecular weight is 261 g/mol. The van der Waals surface area contributed by atoms with Crippen molar-refractivity contribution in [2.24, 2.45) is 0 Å². The number of hydrogen-bond acceptors (Lipinski definition) is 3. The molecule has 2 heterocycles. The van der Waals surface area contributed by atoms with Gasteiger partial charge in [0.2, 0.25) is 0 Å². The van der Waals surface area contributed by atoms with Crippen LogP contribution in [0, 0.1) is 0 Å². The summed E-state index contributed by atoms with van der Waals surface area (Å²) in [7, 11) is 2.19. The van der Waals surface area contributed by atoms with E-state index in [1.54, 1.807) is 0 Å². The van der Waals surface area contributed by atoms with Crippen molar-refractivity contribution in [3.05, 3.63) is 20.8 Å². The van der Waals surface area contributed by atoms with Crippen molar-refractivity contribution in [2.45, 2.75) is 12.6 Å². The number of rotatable bonds is 3. The minimum atomic E-state index is 0.737. The molecule has 2 rings (SSSR count). The first-order valence-corrected chi connectivity index (χ1v) is 6.07. The summed E-state index contributed by atoms with van der Waals surface area (Å²) in [6, 6.07) is 2.94. The molecule has 0 amide bonds. The lowest BCUT2D eigenvalue weighted by Crippen LogP contribution is -2.55. The van der Waals surface area contributed by atoms with Gasteiger partial charge in [0.1, 0.15) is 0 Å². The van der Waals surface area contributed by atoms with Crippen LogP contribution in [0.5, 0.6) is 0 Å². The molecule has 2 nitrogen and oxygen atoms in total. The average Bonchev–Trinajstić information content (AvgIpc) is 2.31. The summed E-state index contributed by atoms with van der Waals surface area (Å²) in [5.41, 5.74) is 0. The highest BCUT2D eigenvalue weighted by Crippen LogP contribution is 2.21. The van der Waals surface area contributed by atoms with Crippen LogP contribution in [-0.2, 0) is 6.54 Å². The molecule has 72 valence electrons. The molecule has 0 bridgehead atoms. The molecule has 0 spiro atoms. The van der Waals surface area contributed by atoms with E-state index in [1.165, 1.54) is 9.35 Å². The molecule has 1 aliphatic heterocycles. The van der Waals surface area contributed by atoms with Crippen molar-refractivity contribution < 1.29 is 0 Å². The number of likely N-dealkylation sites (N-methyl/N-ethyl adjacent to an activating group) is 1. The van der Waals surface area contributed by atoms with Crippen LogP contribution >= 0.6 is 27.3 Å². The van der Waals surface area contributed by atoms with Crippen molar-refractivity contribution in [1.29, 1.82) is 0 Å². The smallest absolute Gasteiger partial charge is 0.0346 e. The Hall–Kier alpha value is 0.1000. The summed E-state index contributed by atoms with van der Waals surface area (Å²) in [6.45, 7) is 3.36. The molecule has 4 heteroatoms. The van der Waals surface area contributed by atoms with Crippen LogP contribution in [0.4, 0.5) is 0 Å². The van der Waals surface area contributed by atoms with Crippen LogP contribution in [0.3, 0.4) is 0 Å². The number of nitrogens with one attached hydrogen (secondary N) is 1. The molecular formula is C9H13BrN2S. The molecule has 1 N–H and O–H groups in total. The number of halogens is 1. The molecule has 1 fully saturated rings. The third-order valence-corrected chi connectivity index (χ3v) is 4.09. The zero-order chi connectivity index (χ0) is 9.26. The molecule has 1 aromatic rings. The van der Waals surface area contributed by atoms with Gasteiger partial charge in [-0.25, -0.2) is 0 Å². The van der Waals surface area contributed by atoms with Gasteiger partial charge in [0.15, 0.2) is 0 Å². The van der Waals surface area contributed by atoms with Crippen molar-refractivity contribution in [1.82, 2.24) is 10.2 Å². The number of thiophene rings is 1. The topological polar surface area (TPSA) is 15.3 Å². The highest BCUT2D eigenvalue weighted by molar-refractivity contribution is 9.10. The quantitative estimate of drug-likeness (QED) is 0.894. The van der Waals surface area contributed by atoms with Gasteiger partial charge >= 0.3 is 0 Å². The van der Waals surface area contributed by atoms with Crippen LogP contribution < -0.4 is 5.32 Å². The minimum absolute atomic E-state index is 0.737. The predicted octanol–water partition coefficient (Wildman–Crippen LogP) is 1.91. The fourth-order valence-electron chi connectivity index (χ4n) is 1.40. The van der Waals surface area contributed by atoms with Crippen molar-refractivity contribution in [3.8, 4) is 0 Å². The number of hydrogen-bond donors (Lipinski definition) is 1. The molecular weight excluding hydrogens is 248 g/mol. The van der Waals surface area contributed by atoms with Gasteiger partial charge in [-0.1, -0.05) is 0 Å². The Balaban J connectivity index is 1.89. The second-order valence-electron chi connectivity index (χ2n) is 3.46. The Bertz CT molecular complexity index is 283. The largest absolute Gasteiger partial charge is 0.314 e. The van der Waals surface area contributed by atoms with Crippen LogP contribution in [-0.4, -0.2) is 31.1 Å². The predicted molar refractivity (Wildman–Crippen MR) is 60.1 cm³/mol. The van der Waals surface area contributed by atoms with E-state index in [4.69, 9.17) is 0 Å². The highest BCUT2D eigenvalue weighted by atomic mass is 79.9. The minimum Gasteiger partial charge on any atom is -0.314 e. The van der Waals surface area contributed by atoms with Gasteiger partial charge < -0.3 is 5.32 Å². The Morgan fingerprint density at radius 3 is 2.92 bits per heavy atom. The molecule has 0 radical (unpaired) electrons. The lowest BCUT2D eigenvalue weighted by Gasteiger charge is -2.35. The summed E-state index contributed by atoms with van der Waals surface area (Å²) in [5.74, 6) is 0. The summed E-state index contributed by atoms with van der Waals surface area (Å²) < 4.78 is 1.20. The summed E-state index contributed by atoms with van der Waals surface area (Å²) in [4.78, 5) is 3.84. The van der Waals surface area contributed by atoms with E-state index in [-0.39, 0.29) is 0 Å². The molecule has 0 atom stereocenters. The zero-order valence-electron chi connectivity index (χ0n) is 7.59. The third kappa shape index (κ3) is 2.31. The highest BCUT2D eigenvalue weighted by Gasteiger charge is 2.21. The van der Waals surface area contributed by atoms with Gasteiger partial charge in [-0.15, -0.1) is 11.3 Å². The molecule has 1 aromatic heterocycles. The summed E-state index contributed by atoms with van der Waals surface area (Å²) in [6.07, 6.45) is 0. The molecule has 0 unspecified atom stereocenters. The fraction of sp³-hybridized carbons (Fsp3) is 0.556. The Morgan fingerprint density at radius 1 is 1.69 bits per heavy atom. The SMILES string of the molecule is CN(Cc1cc(Br)cs1)C1CNC1.